The van der Waals surface area contributed by atoms with Gasteiger partial charge in [-0.05, 0) is 64.3 Å². The number of piperidine rings is 2. The van der Waals surface area contributed by atoms with Crippen molar-refractivity contribution in [1.29, 1.82) is 0 Å². The molecular formula is C22H32N4. The molecule has 2 aromatic rings. The second kappa shape index (κ2) is 7.43. The van der Waals surface area contributed by atoms with Gasteiger partial charge in [-0.25, -0.2) is 4.98 Å². The summed E-state index contributed by atoms with van der Waals surface area (Å²) < 4.78 is 2.39. The Labute approximate surface area is 157 Å². The molecule has 4 heterocycles. The highest BCUT2D eigenvalue weighted by Gasteiger charge is 2.27. The summed E-state index contributed by atoms with van der Waals surface area (Å²) in [5.41, 5.74) is 3.99. The number of fused-ring (bicyclic) bond motifs is 1. The van der Waals surface area contributed by atoms with Gasteiger partial charge in [0.05, 0.1) is 5.52 Å². The molecule has 2 aliphatic heterocycles. The Morgan fingerprint density at radius 1 is 1.12 bits per heavy atom. The molecule has 2 fully saturated rings. The Morgan fingerprint density at radius 2 is 1.85 bits per heavy atom. The maximum atomic E-state index is 4.82. The average molecular weight is 353 g/mol. The number of allylic oxidation sites excluding steroid dienone is 1. The molecule has 26 heavy (non-hydrogen) atoms. The summed E-state index contributed by atoms with van der Waals surface area (Å²) in [7, 11) is 0. The molecule has 2 aliphatic rings. The first-order valence-corrected chi connectivity index (χ1v) is 10.2. The van der Waals surface area contributed by atoms with E-state index in [1.165, 1.54) is 67.4 Å². The largest absolute Gasteiger partial charge is 0.355 e. The van der Waals surface area contributed by atoms with Crippen LogP contribution in [0.1, 0.15) is 43.4 Å². The van der Waals surface area contributed by atoms with Crippen LogP contribution in [0.3, 0.4) is 0 Å². The maximum Gasteiger partial charge on any atom is 0.153 e. The van der Waals surface area contributed by atoms with Crippen molar-refractivity contribution in [2.24, 2.45) is 0 Å². The first kappa shape index (κ1) is 17.6. The van der Waals surface area contributed by atoms with Crippen LogP contribution in [0.25, 0.3) is 10.9 Å². The number of pyridine rings is 1. The van der Waals surface area contributed by atoms with Crippen molar-refractivity contribution in [3.8, 4) is 0 Å². The van der Waals surface area contributed by atoms with E-state index in [9.17, 15) is 0 Å². The van der Waals surface area contributed by atoms with E-state index < -0.39 is 0 Å². The first-order chi connectivity index (χ1) is 12.7. The number of likely N-dealkylation sites (tertiary alicyclic amines) is 1. The van der Waals surface area contributed by atoms with Crippen molar-refractivity contribution in [1.82, 2.24) is 14.5 Å². The van der Waals surface area contributed by atoms with E-state index in [0.29, 0.717) is 0 Å². The fraction of sp³-hybridized carbons (Fsp3) is 0.591. The minimum atomic E-state index is 0.772. The predicted octanol–water partition coefficient (Wildman–Crippen LogP) is 4.29. The average Bonchev–Trinajstić information content (AvgIpc) is 2.94. The highest BCUT2D eigenvalue weighted by molar-refractivity contribution is 5.93. The van der Waals surface area contributed by atoms with E-state index in [0.717, 1.165) is 31.5 Å². The minimum absolute atomic E-state index is 0.772. The van der Waals surface area contributed by atoms with Gasteiger partial charge < -0.3 is 14.4 Å². The number of hydrogen-bond donors (Lipinski definition) is 0. The quantitative estimate of drug-likeness (QED) is 0.767. The van der Waals surface area contributed by atoms with E-state index >= 15 is 0 Å². The van der Waals surface area contributed by atoms with Crippen LogP contribution in [-0.4, -0.2) is 46.7 Å². The number of nitrogens with zero attached hydrogens (tertiary/aromatic N) is 4. The molecule has 0 radical (unpaired) electrons. The summed E-state index contributed by atoms with van der Waals surface area (Å²) >= 11 is 0. The van der Waals surface area contributed by atoms with Gasteiger partial charge >= 0.3 is 0 Å². The Morgan fingerprint density at radius 3 is 2.54 bits per heavy atom. The lowest BCUT2D eigenvalue weighted by Gasteiger charge is -2.40. The SMILES string of the molecule is C=CCn1c(C)c(C)c2ccnc(N3CCC(N4CCCCC4)CC3)c21. The van der Waals surface area contributed by atoms with Crippen molar-refractivity contribution in [3.05, 3.63) is 36.2 Å². The van der Waals surface area contributed by atoms with Crippen LogP contribution >= 0.6 is 0 Å². The third kappa shape index (κ3) is 3.05. The van der Waals surface area contributed by atoms with Crippen molar-refractivity contribution >= 4 is 16.7 Å². The molecule has 4 heteroatoms. The summed E-state index contributed by atoms with van der Waals surface area (Å²) in [6, 6.07) is 2.94. The molecule has 0 atom stereocenters. The Hall–Kier alpha value is -1.81. The fourth-order valence-corrected chi connectivity index (χ4v) is 4.89. The maximum absolute atomic E-state index is 4.82. The standard InChI is InChI=1S/C22H32N4/c1-4-12-26-18(3)17(2)20-8-11-23-22(21(20)26)25-15-9-19(10-16-25)24-13-6-5-7-14-24/h4,8,11,19H,1,5-7,9-10,12-16H2,2-3H3. The Kier molecular flexibility index (Phi) is 5.03. The molecular weight excluding hydrogens is 320 g/mol. The number of aryl methyl sites for hydroxylation is 1. The highest BCUT2D eigenvalue weighted by Crippen LogP contribution is 2.33. The van der Waals surface area contributed by atoms with Crippen LogP contribution in [0.15, 0.2) is 24.9 Å². The number of anilines is 1. The molecule has 2 aromatic heterocycles. The van der Waals surface area contributed by atoms with Gasteiger partial charge in [0, 0.05) is 43.0 Å². The zero-order valence-corrected chi connectivity index (χ0v) is 16.4. The van der Waals surface area contributed by atoms with Crippen LogP contribution in [-0.2, 0) is 6.54 Å². The topological polar surface area (TPSA) is 24.3 Å². The molecule has 2 saturated heterocycles. The summed E-state index contributed by atoms with van der Waals surface area (Å²) in [6.07, 6.45) is 10.7. The van der Waals surface area contributed by atoms with Crippen molar-refractivity contribution < 1.29 is 0 Å². The third-order valence-corrected chi connectivity index (χ3v) is 6.51. The van der Waals surface area contributed by atoms with Crippen LogP contribution in [0.4, 0.5) is 5.82 Å². The van der Waals surface area contributed by atoms with Crippen molar-refractivity contribution in [2.45, 2.75) is 58.5 Å². The van der Waals surface area contributed by atoms with E-state index in [-0.39, 0.29) is 0 Å². The Balaban J connectivity index is 1.59. The summed E-state index contributed by atoms with van der Waals surface area (Å²) in [5, 5.41) is 1.34. The van der Waals surface area contributed by atoms with E-state index in [4.69, 9.17) is 4.98 Å². The lowest BCUT2D eigenvalue weighted by atomic mass is 10.00. The van der Waals surface area contributed by atoms with Crippen molar-refractivity contribution in [2.75, 3.05) is 31.1 Å². The monoisotopic (exact) mass is 352 g/mol. The molecule has 0 N–H and O–H groups in total. The normalized spacial score (nSPS) is 20.0. The van der Waals surface area contributed by atoms with Gasteiger partial charge in [0.1, 0.15) is 0 Å². The van der Waals surface area contributed by atoms with Crippen LogP contribution < -0.4 is 4.90 Å². The zero-order chi connectivity index (χ0) is 18.1. The molecule has 4 rings (SSSR count). The summed E-state index contributed by atoms with van der Waals surface area (Å²) in [5.74, 6) is 1.16. The number of rotatable bonds is 4. The molecule has 0 spiro atoms. The lowest BCUT2D eigenvalue weighted by Crippen LogP contribution is -2.47. The molecule has 0 bridgehead atoms. The van der Waals surface area contributed by atoms with Gasteiger partial charge in [-0.3, -0.25) is 0 Å². The van der Waals surface area contributed by atoms with Crippen LogP contribution in [0.5, 0.6) is 0 Å². The van der Waals surface area contributed by atoms with E-state index in [1.54, 1.807) is 0 Å². The van der Waals surface area contributed by atoms with Crippen molar-refractivity contribution in [3.63, 3.8) is 0 Å². The second-order valence-electron chi connectivity index (χ2n) is 7.96. The van der Waals surface area contributed by atoms with E-state index in [2.05, 4.69) is 40.9 Å². The van der Waals surface area contributed by atoms with Gasteiger partial charge in [0.25, 0.3) is 0 Å². The molecule has 0 saturated carbocycles. The summed E-state index contributed by atoms with van der Waals surface area (Å²) in [6.45, 7) is 14.1. The van der Waals surface area contributed by atoms with E-state index in [1.807, 2.05) is 12.3 Å². The first-order valence-electron chi connectivity index (χ1n) is 10.2. The number of hydrogen-bond acceptors (Lipinski definition) is 3. The number of aromatic nitrogens is 2. The van der Waals surface area contributed by atoms with Crippen LogP contribution in [0.2, 0.25) is 0 Å². The molecule has 0 aromatic carbocycles. The molecule has 0 amide bonds. The van der Waals surface area contributed by atoms with Gasteiger partial charge in [0.15, 0.2) is 5.82 Å². The zero-order valence-electron chi connectivity index (χ0n) is 16.4. The van der Waals surface area contributed by atoms with Crippen LogP contribution in [0, 0.1) is 13.8 Å². The van der Waals surface area contributed by atoms with Gasteiger partial charge in [-0.1, -0.05) is 12.5 Å². The predicted molar refractivity (Wildman–Crippen MR) is 110 cm³/mol. The Bertz CT molecular complexity index is 777. The van der Waals surface area contributed by atoms with Gasteiger partial charge in [0.2, 0.25) is 0 Å². The molecule has 0 unspecified atom stereocenters. The lowest BCUT2D eigenvalue weighted by molar-refractivity contribution is 0.141. The second-order valence-corrected chi connectivity index (χ2v) is 7.96. The molecule has 0 aliphatic carbocycles. The fourth-order valence-electron chi connectivity index (χ4n) is 4.89. The smallest absolute Gasteiger partial charge is 0.153 e. The molecule has 4 nitrogen and oxygen atoms in total. The van der Waals surface area contributed by atoms with Gasteiger partial charge in [-0.2, -0.15) is 0 Å². The minimum Gasteiger partial charge on any atom is -0.355 e. The van der Waals surface area contributed by atoms with Gasteiger partial charge in [-0.15, -0.1) is 6.58 Å². The molecule has 140 valence electrons. The summed E-state index contributed by atoms with van der Waals surface area (Å²) in [4.78, 5) is 10.1. The highest BCUT2D eigenvalue weighted by atomic mass is 15.2. The third-order valence-electron chi connectivity index (χ3n) is 6.51.